The first-order valence-corrected chi connectivity index (χ1v) is 3.63. The van der Waals surface area contributed by atoms with E-state index in [1.54, 1.807) is 6.08 Å². The summed E-state index contributed by atoms with van der Waals surface area (Å²) in [5, 5.41) is 8.12. The van der Waals surface area contributed by atoms with E-state index in [2.05, 4.69) is 6.92 Å². The maximum atomic E-state index is 8.12. The molecule has 0 aliphatic rings. The molecule has 0 radical (unpaired) electrons. The van der Waals surface area contributed by atoms with Crippen molar-refractivity contribution in [2.24, 2.45) is 0 Å². The van der Waals surface area contributed by atoms with Gasteiger partial charge in [-0.3, -0.25) is 0 Å². The van der Waals surface area contributed by atoms with E-state index in [4.69, 9.17) is 5.11 Å². The molecule has 0 atom stereocenters. The van der Waals surface area contributed by atoms with E-state index in [0.717, 1.165) is 6.42 Å². The zero-order valence-electron chi connectivity index (χ0n) is 7.06. The van der Waals surface area contributed by atoms with Crippen LogP contribution < -0.4 is 18.9 Å². The van der Waals surface area contributed by atoms with Gasteiger partial charge in [-0.1, -0.05) is 39.0 Å². The Labute approximate surface area is 75.7 Å². The summed E-state index contributed by atoms with van der Waals surface area (Å²) in [6.45, 7) is 2.19. The Bertz CT molecular complexity index is 71.7. The molecule has 10 heavy (non-hydrogen) atoms. The third kappa shape index (κ3) is 11.0. The van der Waals surface area contributed by atoms with Crippen molar-refractivity contribution < 1.29 is 24.0 Å². The summed E-state index contributed by atoms with van der Waals surface area (Å²) in [5.74, 6) is 0. The molecule has 0 spiro atoms. The Morgan fingerprint density at radius 1 is 1.30 bits per heavy atom. The molecule has 54 valence electrons. The van der Waals surface area contributed by atoms with Crippen LogP contribution in [0.1, 0.15) is 39.0 Å². The molecule has 1 N–H and O–H groups in total. The Morgan fingerprint density at radius 2 is 2.00 bits per heavy atom. The average Bonchev–Trinajstić information content (AvgIpc) is 1.89. The molecule has 0 unspecified atom stereocenters. The molecule has 0 aromatic rings. The zero-order valence-corrected chi connectivity index (χ0v) is 7.06. The maximum absolute atomic E-state index is 8.12. The molecule has 0 aliphatic heterocycles. The van der Waals surface area contributed by atoms with Crippen molar-refractivity contribution in [2.45, 2.75) is 39.0 Å². The van der Waals surface area contributed by atoms with Gasteiger partial charge in [-0.2, -0.15) is 0 Å². The second-order valence-electron chi connectivity index (χ2n) is 2.18. The molecular formula is C8H15LiO. The number of hydrogen-bond donors (Lipinski definition) is 1. The Morgan fingerprint density at radius 3 is 2.50 bits per heavy atom. The van der Waals surface area contributed by atoms with Crippen molar-refractivity contribution in [1.29, 1.82) is 0 Å². The van der Waals surface area contributed by atoms with E-state index >= 15 is 0 Å². The molecule has 0 aliphatic carbocycles. The van der Waals surface area contributed by atoms with E-state index < -0.39 is 0 Å². The van der Waals surface area contributed by atoms with Crippen LogP contribution in [0.4, 0.5) is 0 Å². The third-order valence-corrected chi connectivity index (χ3v) is 1.29. The number of allylic oxidation sites excluding steroid dienone is 1. The number of rotatable bonds is 5. The Kier molecular flexibility index (Phi) is 15.2. The number of unbranched alkanes of at least 4 members (excludes halogenated alkanes) is 4. The van der Waals surface area contributed by atoms with Gasteiger partial charge in [0.25, 0.3) is 0 Å². The van der Waals surface area contributed by atoms with Gasteiger partial charge >= 0.3 is 18.9 Å². The minimum atomic E-state index is 0. The molecule has 0 saturated heterocycles. The van der Waals surface area contributed by atoms with Crippen molar-refractivity contribution >= 4 is 0 Å². The van der Waals surface area contributed by atoms with E-state index in [-0.39, 0.29) is 18.9 Å². The molecule has 2 heteroatoms. The van der Waals surface area contributed by atoms with Crippen LogP contribution in [-0.4, -0.2) is 5.11 Å². The van der Waals surface area contributed by atoms with E-state index in [0.29, 0.717) is 0 Å². The van der Waals surface area contributed by atoms with E-state index in [1.165, 1.54) is 25.7 Å². The van der Waals surface area contributed by atoms with Crippen molar-refractivity contribution in [3.63, 3.8) is 0 Å². The van der Waals surface area contributed by atoms with E-state index in [9.17, 15) is 0 Å². The van der Waals surface area contributed by atoms with Crippen LogP contribution in [0.5, 0.6) is 0 Å². The largest absolute Gasteiger partial charge is 1.00 e. The molecular weight excluding hydrogens is 119 g/mol. The monoisotopic (exact) mass is 134 g/mol. The molecule has 0 saturated carbocycles. The van der Waals surface area contributed by atoms with Crippen molar-refractivity contribution in [3.8, 4) is 0 Å². The molecule has 0 fully saturated rings. The maximum Gasteiger partial charge on any atom is 1.00 e. The predicted molar refractivity (Wildman–Crippen MR) is 39.2 cm³/mol. The predicted octanol–water partition coefficient (Wildman–Crippen LogP) is -0.164. The molecule has 0 rings (SSSR count). The Balaban J connectivity index is 0. The molecule has 0 heterocycles. The van der Waals surface area contributed by atoms with E-state index in [1.807, 2.05) is 6.26 Å². The quantitative estimate of drug-likeness (QED) is 0.240. The third-order valence-electron chi connectivity index (χ3n) is 1.29. The fourth-order valence-electron chi connectivity index (χ4n) is 0.738. The van der Waals surface area contributed by atoms with Gasteiger partial charge < -0.3 is 11.4 Å². The fraction of sp³-hybridized carbons (Fsp3) is 0.750. The summed E-state index contributed by atoms with van der Waals surface area (Å²) >= 11 is 0. The molecule has 0 aromatic heterocycles. The van der Waals surface area contributed by atoms with Gasteiger partial charge in [-0.15, -0.1) is 0 Å². The van der Waals surface area contributed by atoms with Gasteiger partial charge in [-0.25, -0.2) is 6.08 Å². The summed E-state index contributed by atoms with van der Waals surface area (Å²) in [6.07, 6.45) is 9.69. The van der Waals surface area contributed by atoms with Crippen molar-refractivity contribution in [2.75, 3.05) is 0 Å². The summed E-state index contributed by atoms with van der Waals surface area (Å²) in [5.41, 5.74) is 0. The second kappa shape index (κ2) is 11.9. The minimum absolute atomic E-state index is 0. The van der Waals surface area contributed by atoms with Crippen LogP contribution in [0.3, 0.4) is 0 Å². The SMILES string of the molecule is CCCCCCC=[C-]O.[Li+]. The van der Waals surface area contributed by atoms with Gasteiger partial charge in [-0.05, 0) is 0 Å². The summed E-state index contributed by atoms with van der Waals surface area (Å²) in [7, 11) is 0. The first-order chi connectivity index (χ1) is 4.41. The van der Waals surface area contributed by atoms with Crippen LogP contribution in [0, 0.1) is 6.26 Å². The first-order valence-electron chi connectivity index (χ1n) is 3.63. The molecule has 0 amide bonds. The Hall–Kier alpha value is 0.137. The van der Waals surface area contributed by atoms with Crippen molar-refractivity contribution in [1.82, 2.24) is 0 Å². The zero-order chi connectivity index (χ0) is 6.95. The summed E-state index contributed by atoms with van der Waals surface area (Å²) in [6, 6.07) is 0. The summed E-state index contributed by atoms with van der Waals surface area (Å²) in [4.78, 5) is 0. The van der Waals surface area contributed by atoms with Crippen LogP contribution in [-0.2, 0) is 0 Å². The first kappa shape index (κ1) is 12.8. The number of aliphatic hydroxyl groups excluding tert-OH is 1. The topological polar surface area (TPSA) is 20.2 Å². The van der Waals surface area contributed by atoms with Gasteiger partial charge in [0.05, 0.1) is 0 Å². The number of hydrogen-bond acceptors (Lipinski definition) is 1. The van der Waals surface area contributed by atoms with Gasteiger partial charge in [0.2, 0.25) is 0 Å². The fourth-order valence-corrected chi connectivity index (χ4v) is 0.738. The average molecular weight is 134 g/mol. The smallest absolute Gasteiger partial charge is 0.705 e. The van der Waals surface area contributed by atoms with Gasteiger partial charge in [0, 0.05) is 0 Å². The molecule has 0 bridgehead atoms. The van der Waals surface area contributed by atoms with Crippen molar-refractivity contribution in [3.05, 3.63) is 12.3 Å². The molecule has 1 nitrogen and oxygen atoms in total. The minimum Gasteiger partial charge on any atom is -0.705 e. The van der Waals surface area contributed by atoms with Gasteiger partial charge in [0.1, 0.15) is 0 Å². The van der Waals surface area contributed by atoms with Gasteiger partial charge in [0.15, 0.2) is 0 Å². The normalized spacial score (nSPS) is 9.70. The second-order valence-corrected chi connectivity index (χ2v) is 2.18. The molecule has 0 aromatic carbocycles. The van der Waals surface area contributed by atoms with Crippen LogP contribution in [0.25, 0.3) is 0 Å². The van der Waals surface area contributed by atoms with Crippen LogP contribution in [0.15, 0.2) is 6.08 Å². The number of aliphatic hydroxyl groups is 1. The van der Waals surface area contributed by atoms with Crippen LogP contribution in [0.2, 0.25) is 0 Å². The van der Waals surface area contributed by atoms with Crippen LogP contribution >= 0.6 is 0 Å². The standard InChI is InChI=1S/C8H15O.Li/c1-2-3-4-5-6-7-8-9;/h7,9H,2-6H2,1H3;/q-1;+1. The summed E-state index contributed by atoms with van der Waals surface area (Å²) < 4.78 is 0.